The van der Waals surface area contributed by atoms with Crippen molar-refractivity contribution in [2.24, 2.45) is 0 Å². The average molecular weight is 1020 g/mol. The predicted octanol–water partition coefficient (Wildman–Crippen LogP) is 19.8. The van der Waals surface area contributed by atoms with Crippen molar-refractivity contribution in [3.8, 4) is 50.4 Å². The molecule has 2 aliphatic carbocycles. The quantitative estimate of drug-likeness (QED) is 0.158. The van der Waals surface area contributed by atoms with Crippen LogP contribution < -0.4 is 0 Å². The van der Waals surface area contributed by atoms with E-state index in [1.54, 1.807) is 0 Å². The Morgan fingerprint density at radius 3 is 1.70 bits per heavy atom. The molecule has 0 saturated carbocycles. The topological polar surface area (TPSA) is 14.8 Å². The molecule has 11 aromatic carbocycles. The van der Waals surface area contributed by atoms with E-state index in [4.69, 9.17) is 0 Å². The molecular weight excluding hydrogens is 967 g/mol. The van der Waals surface area contributed by atoms with Crippen LogP contribution in [-0.4, -0.2) is 13.7 Å². The van der Waals surface area contributed by atoms with Crippen molar-refractivity contribution in [2.45, 2.75) is 31.6 Å². The highest BCUT2D eigenvalue weighted by molar-refractivity contribution is 6.16. The van der Waals surface area contributed by atoms with Gasteiger partial charge in [0.05, 0.1) is 44.2 Å². The van der Waals surface area contributed by atoms with Crippen LogP contribution in [0.5, 0.6) is 0 Å². The van der Waals surface area contributed by atoms with E-state index in [0.29, 0.717) is 0 Å². The van der Waals surface area contributed by atoms with Crippen molar-refractivity contribution < 1.29 is 0 Å². The lowest BCUT2D eigenvalue weighted by Gasteiger charge is -2.34. The Morgan fingerprint density at radius 1 is 0.362 bits per heavy atom. The number of hydrogen-bond donors (Lipinski definition) is 0. The van der Waals surface area contributed by atoms with Crippen LogP contribution in [0, 0.1) is 0 Å². The Labute approximate surface area is 464 Å². The van der Waals surface area contributed by atoms with Crippen LogP contribution in [0.25, 0.3) is 121 Å². The van der Waals surface area contributed by atoms with Gasteiger partial charge in [-0.1, -0.05) is 196 Å². The van der Waals surface area contributed by atoms with Crippen molar-refractivity contribution in [1.29, 1.82) is 0 Å². The molecule has 4 heterocycles. The molecule has 17 rings (SSSR count). The lowest BCUT2D eigenvalue weighted by atomic mass is 9.69. The predicted molar refractivity (Wildman–Crippen MR) is 336 cm³/mol. The minimum atomic E-state index is -0.545. The van der Waals surface area contributed by atoms with Gasteiger partial charge in [0.15, 0.2) is 0 Å². The van der Waals surface area contributed by atoms with Crippen molar-refractivity contribution in [3.05, 3.63) is 300 Å². The minimum absolute atomic E-state index is 0.126. The fraction of sp³-hybridized carbons (Fsp3) is 0.0649. The summed E-state index contributed by atoms with van der Waals surface area (Å²) < 4.78 is 7.50. The molecule has 3 heteroatoms. The maximum absolute atomic E-state index is 4.45. The molecule has 0 amide bonds. The Kier molecular flexibility index (Phi) is 9.19. The van der Waals surface area contributed by atoms with Crippen LogP contribution in [0.4, 0.5) is 0 Å². The summed E-state index contributed by atoms with van der Waals surface area (Å²) in [6.45, 7) is 11.3. The number of nitrogens with zero attached hydrogens (tertiary/aromatic N) is 3. The molecule has 1 aliphatic heterocycles. The van der Waals surface area contributed by atoms with Crippen LogP contribution in [0.1, 0.15) is 54.2 Å². The Bertz CT molecular complexity index is 5120. The standard InChI is InChI=1S/C77H53N3/c1-5-20-63-53(6-2)54-25-10-13-29-64(54)77(63)65-30-14-11-26-55(65)58-45-62-60-43-50(49-36-39-72-59(42-49)57-28-19-32-67-75(57)80(72)73-34-17-15-31-66(73)76(67,3)4)35-38-70(60)79(74(62)46-68(58)77)52-37-40-71-61(44-52)56-27-12-16-33-69(56)78(71)51-24-18-23-48(41-51)47-21-8-7-9-22-47/h5-46H,2H2,1,3-4H3/b20-5-. The molecule has 1 atom stereocenters. The van der Waals surface area contributed by atoms with Gasteiger partial charge in [0.1, 0.15) is 0 Å². The summed E-state index contributed by atoms with van der Waals surface area (Å²) in [7, 11) is 0. The largest absolute Gasteiger partial charge is 0.309 e. The third-order valence-electron chi connectivity index (χ3n) is 18.5. The van der Waals surface area contributed by atoms with E-state index >= 15 is 0 Å². The van der Waals surface area contributed by atoms with Crippen LogP contribution in [0.3, 0.4) is 0 Å². The number of para-hydroxylation sites is 3. The summed E-state index contributed by atoms with van der Waals surface area (Å²) in [5, 5.41) is 7.45. The van der Waals surface area contributed by atoms with Gasteiger partial charge < -0.3 is 13.7 Å². The SMILES string of the molecule is C=CC1=C(/C=C\C)C2(c3ccccc31)c1ccccc1-c1cc3c4cc(-c5ccc6c(c5)c5cccc7c5n6-c5ccccc5C7(C)C)ccc4n(-c4ccc5c(c4)c4ccccc4n5-c4cccc(-c5ccccc5)c4)c3cc12. The van der Waals surface area contributed by atoms with Gasteiger partial charge in [-0.15, -0.1) is 0 Å². The number of aromatic nitrogens is 3. The molecule has 1 spiro atoms. The normalized spacial score (nSPS) is 15.8. The number of rotatable bonds is 6. The van der Waals surface area contributed by atoms with Crippen molar-refractivity contribution in [3.63, 3.8) is 0 Å². The van der Waals surface area contributed by atoms with E-state index in [-0.39, 0.29) is 5.41 Å². The van der Waals surface area contributed by atoms with Crippen LogP contribution in [0.2, 0.25) is 0 Å². The van der Waals surface area contributed by atoms with Crippen molar-refractivity contribution in [1.82, 2.24) is 13.7 Å². The molecule has 3 nitrogen and oxygen atoms in total. The van der Waals surface area contributed by atoms with E-state index < -0.39 is 5.41 Å². The van der Waals surface area contributed by atoms with Gasteiger partial charge >= 0.3 is 0 Å². The fourth-order valence-corrected chi connectivity index (χ4v) is 15.1. The monoisotopic (exact) mass is 1020 g/mol. The Balaban J connectivity index is 0.932. The summed E-state index contributed by atoms with van der Waals surface area (Å²) in [6, 6.07) is 89.1. The van der Waals surface area contributed by atoms with E-state index in [2.05, 4.69) is 296 Å². The van der Waals surface area contributed by atoms with Crippen molar-refractivity contribution in [2.75, 3.05) is 0 Å². The number of allylic oxidation sites excluding steroid dienone is 5. The molecule has 14 aromatic rings. The highest BCUT2D eigenvalue weighted by Crippen LogP contribution is 2.63. The Morgan fingerprint density at radius 2 is 0.912 bits per heavy atom. The van der Waals surface area contributed by atoms with Crippen LogP contribution in [-0.2, 0) is 10.8 Å². The molecule has 0 radical (unpaired) electrons. The average Bonchev–Trinajstić information content (AvgIpc) is 4.41. The molecule has 0 saturated heterocycles. The number of fused-ring (bicyclic) bond motifs is 18. The fourth-order valence-electron chi connectivity index (χ4n) is 15.1. The Hall–Kier alpha value is -9.96. The van der Waals surface area contributed by atoms with Gasteiger partial charge in [0.25, 0.3) is 0 Å². The highest BCUT2D eigenvalue weighted by atomic mass is 15.0. The molecule has 376 valence electrons. The smallest absolute Gasteiger partial charge is 0.0726 e. The molecule has 3 aromatic heterocycles. The summed E-state index contributed by atoms with van der Waals surface area (Å²) >= 11 is 0. The second-order valence-electron chi connectivity index (χ2n) is 22.7. The first-order valence-corrected chi connectivity index (χ1v) is 28.1. The maximum Gasteiger partial charge on any atom is 0.0726 e. The van der Waals surface area contributed by atoms with E-state index in [1.165, 1.54) is 149 Å². The zero-order valence-electron chi connectivity index (χ0n) is 44.8. The van der Waals surface area contributed by atoms with Gasteiger partial charge in [-0.2, -0.15) is 0 Å². The maximum atomic E-state index is 4.45. The van der Waals surface area contributed by atoms with Gasteiger partial charge in [-0.25, -0.2) is 0 Å². The summed E-state index contributed by atoms with van der Waals surface area (Å²) in [5.41, 5.74) is 27.8. The second-order valence-corrected chi connectivity index (χ2v) is 22.7. The number of hydrogen-bond acceptors (Lipinski definition) is 0. The van der Waals surface area contributed by atoms with Gasteiger partial charge in [-0.3, -0.25) is 0 Å². The molecule has 80 heavy (non-hydrogen) atoms. The lowest BCUT2D eigenvalue weighted by molar-refractivity contribution is 0.630. The first kappa shape index (κ1) is 45.1. The van der Waals surface area contributed by atoms with Gasteiger partial charge in [-0.05, 0) is 164 Å². The molecule has 0 bridgehead atoms. The minimum Gasteiger partial charge on any atom is -0.309 e. The molecule has 1 unspecified atom stereocenters. The van der Waals surface area contributed by atoms with E-state index in [1.807, 2.05) is 0 Å². The van der Waals surface area contributed by atoms with Crippen LogP contribution >= 0.6 is 0 Å². The van der Waals surface area contributed by atoms with E-state index in [9.17, 15) is 0 Å². The highest BCUT2D eigenvalue weighted by Gasteiger charge is 2.52. The van der Waals surface area contributed by atoms with Gasteiger partial charge in [0, 0.05) is 49.1 Å². The number of benzene rings is 11. The molecular formula is C77H53N3. The summed E-state index contributed by atoms with van der Waals surface area (Å²) in [5.74, 6) is 0. The first-order chi connectivity index (χ1) is 39.4. The summed E-state index contributed by atoms with van der Waals surface area (Å²) in [6.07, 6.45) is 6.62. The molecule has 0 fully saturated rings. The first-order valence-electron chi connectivity index (χ1n) is 28.1. The third kappa shape index (κ3) is 5.78. The van der Waals surface area contributed by atoms with Crippen molar-refractivity contribution >= 4 is 71.0 Å². The molecule has 3 aliphatic rings. The van der Waals surface area contributed by atoms with Gasteiger partial charge in [0.2, 0.25) is 0 Å². The molecule has 0 N–H and O–H groups in total. The second kappa shape index (κ2) is 16.3. The van der Waals surface area contributed by atoms with E-state index in [0.717, 1.165) is 11.4 Å². The third-order valence-corrected chi connectivity index (χ3v) is 18.5. The van der Waals surface area contributed by atoms with Crippen LogP contribution in [0.15, 0.2) is 267 Å². The zero-order valence-corrected chi connectivity index (χ0v) is 44.8. The zero-order chi connectivity index (χ0) is 53.2. The summed E-state index contributed by atoms with van der Waals surface area (Å²) in [4.78, 5) is 0. The lowest BCUT2D eigenvalue weighted by Crippen LogP contribution is -2.26.